The molecule has 0 saturated carbocycles. The highest BCUT2D eigenvalue weighted by Gasteiger charge is 2.30. The molecule has 2 heteroatoms. The van der Waals surface area contributed by atoms with Crippen LogP contribution < -0.4 is 0 Å². The highest BCUT2D eigenvalue weighted by molar-refractivity contribution is 6.63. The maximum Gasteiger partial charge on any atom is 0.0915 e. The van der Waals surface area contributed by atoms with Gasteiger partial charge in [0.05, 0.1) is 20.8 Å². The summed E-state index contributed by atoms with van der Waals surface area (Å²) in [5.74, 6) is 0. The Morgan fingerprint density at radius 3 is 2.23 bits per heavy atom. The van der Waals surface area contributed by atoms with Crippen LogP contribution in [0.4, 0.5) is 0 Å². The average Bonchev–Trinajstić information content (AvgIpc) is 2.04. The van der Waals surface area contributed by atoms with Gasteiger partial charge in [-0.1, -0.05) is 38.8 Å². The lowest BCUT2D eigenvalue weighted by Gasteiger charge is -2.32. The van der Waals surface area contributed by atoms with E-state index >= 15 is 0 Å². The monoisotopic (exact) mass is 198 g/mol. The molecule has 0 spiro atoms. The third kappa shape index (κ3) is 2.87. The van der Waals surface area contributed by atoms with Gasteiger partial charge in [0.25, 0.3) is 0 Å². The van der Waals surface area contributed by atoms with Gasteiger partial charge >= 0.3 is 0 Å². The van der Waals surface area contributed by atoms with Crippen LogP contribution in [0.5, 0.6) is 0 Å². The SMILES string of the molecule is CC(C)[SiH](C(C)C)C1CCC=CO1. The Labute approximate surface area is 83.8 Å². The van der Waals surface area contributed by atoms with E-state index in [-0.39, 0.29) is 0 Å². The van der Waals surface area contributed by atoms with E-state index in [1.165, 1.54) is 12.8 Å². The summed E-state index contributed by atoms with van der Waals surface area (Å²) in [6.07, 6.45) is 6.53. The first-order valence-corrected chi connectivity index (χ1v) is 7.43. The van der Waals surface area contributed by atoms with Gasteiger partial charge in [-0.2, -0.15) is 0 Å². The number of allylic oxidation sites excluding steroid dienone is 1. The second-order valence-electron chi connectivity index (χ2n) is 4.69. The minimum atomic E-state index is -0.735. The van der Waals surface area contributed by atoms with Crippen LogP contribution in [-0.4, -0.2) is 14.5 Å². The van der Waals surface area contributed by atoms with Crippen molar-refractivity contribution in [1.29, 1.82) is 0 Å². The van der Waals surface area contributed by atoms with Crippen LogP contribution in [0.25, 0.3) is 0 Å². The molecule has 0 saturated heterocycles. The zero-order valence-electron chi connectivity index (χ0n) is 9.29. The van der Waals surface area contributed by atoms with Gasteiger partial charge in [-0.05, 0) is 18.9 Å². The minimum Gasteiger partial charge on any atom is -0.502 e. The lowest BCUT2D eigenvalue weighted by Crippen LogP contribution is -2.38. The summed E-state index contributed by atoms with van der Waals surface area (Å²) >= 11 is 0. The molecule has 76 valence electrons. The predicted molar refractivity (Wildman–Crippen MR) is 60.6 cm³/mol. The van der Waals surface area contributed by atoms with Gasteiger partial charge < -0.3 is 4.74 Å². The van der Waals surface area contributed by atoms with Gasteiger partial charge in [0.1, 0.15) is 0 Å². The molecule has 0 aromatic heterocycles. The molecule has 0 N–H and O–H groups in total. The first kappa shape index (κ1) is 10.8. The Balaban J connectivity index is 2.58. The molecule has 0 radical (unpaired) electrons. The Morgan fingerprint density at radius 1 is 1.23 bits per heavy atom. The second kappa shape index (κ2) is 4.84. The highest BCUT2D eigenvalue weighted by Crippen LogP contribution is 2.28. The van der Waals surface area contributed by atoms with E-state index in [1.54, 1.807) is 0 Å². The second-order valence-corrected chi connectivity index (χ2v) is 9.25. The van der Waals surface area contributed by atoms with Gasteiger partial charge in [-0.25, -0.2) is 0 Å². The smallest absolute Gasteiger partial charge is 0.0915 e. The zero-order valence-corrected chi connectivity index (χ0v) is 10.4. The number of ether oxygens (including phenoxy) is 1. The number of hydrogen-bond donors (Lipinski definition) is 0. The highest BCUT2D eigenvalue weighted by atomic mass is 28.3. The number of rotatable bonds is 3. The zero-order chi connectivity index (χ0) is 9.84. The Morgan fingerprint density at radius 2 is 1.85 bits per heavy atom. The van der Waals surface area contributed by atoms with Crippen molar-refractivity contribution in [2.45, 2.75) is 57.3 Å². The molecule has 1 rings (SSSR count). The van der Waals surface area contributed by atoms with Crippen molar-refractivity contribution in [3.63, 3.8) is 0 Å². The van der Waals surface area contributed by atoms with Crippen molar-refractivity contribution < 1.29 is 4.74 Å². The normalized spacial score (nSPS) is 22.8. The van der Waals surface area contributed by atoms with Gasteiger partial charge in [0.15, 0.2) is 0 Å². The lowest BCUT2D eigenvalue weighted by molar-refractivity contribution is 0.183. The van der Waals surface area contributed by atoms with E-state index in [0.29, 0.717) is 5.73 Å². The van der Waals surface area contributed by atoms with E-state index in [0.717, 1.165) is 11.1 Å². The van der Waals surface area contributed by atoms with Crippen LogP contribution in [0.3, 0.4) is 0 Å². The molecule has 1 aliphatic heterocycles. The fourth-order valence-electron chi connectivity index (χ4n) is 2.46. The summed E-state index contributed by atoms with van der Waals surface area (Å²) in [5.41, 5.74) is 2.30. The molecular formula is C11H22OSi. The van der Waals surface area contributed by atoms with Gasteiger partial charge in [-0.3, -0.25) is 0 Å². The maximum atomic E-state index is 5.74. The molecule has 1 unspecified atom stereocenters. The largest absolute Gasteiger partial charge is 0.502 e. The van der Waals surface area contributed by atoms with E-state index in [2.05, 4.69) is 33.8 Å². The summed E-state index contributed by atoms with van der Waals surface area (Å²) in [6.45, 7) is 9.44. The fraction of sp³-hybridized carbons (Fsp3) is 0.818. The lowest BCUT2D eigenvalue weighted by atomic mass is 10.3. The van der Waals surface area contributed by atoms with Crippen molar-refractivity contribution >= 4 is 8.80 Å². The first-order valence-electron chi connectivity index (χ1n) is 5.43. The molecule has 0 aliphatic carbocycles. The van der Waals surface area contributed by atoms with Gasteiger partial charge in [0.2, 0.25) is 0 Å². The topological polar surface area (TPSA) is 9.23 Å². The van der Waals surface area contributed by atoms with Gasteiger partial charge in [-0.15, -0.1) is 0 Å². The summed E-state index contributed by atoms with van der Waals surface area (Å²) in [4.78, 5) is 0. The summed E-state index contributed by atoms with van der Waals surface area (Å²) in [7, 11) is -0.735. The first-order chi connectivity index (χ1) is 6.13. The van der Waals surface area contributed by atoms with E-state index in [9.17, 15) is 0 Å². The molecule has 1 nitrogen and oxygen atoms in total. The van der Waals surface area contributed by atoms with Crippen molar-refractivity contribution in [3.05, 3.63) is 12.3 Å². The summed E-state index contributed by atoms with van der Waals surface area (Å²) in [5, 5.41) is 0. The van der Waals surface area contributed by atoms with Crippen molar-refractivity contribution in [2.24, 2.45) is 0 Å². The van der Waals surface area contributed by atoms with Crippen LogP contribution in [0.2, 0.25) is 11.1 Å². The quantitative estimate of drug-likeness (QED) is 0.632. The van der Waals surface area contributed by atoms with Crippen molar-refractivity contribution in [2.75, 3.05) is 0 Å². The number of hydrogen-bond acceptors (Lipinski definition) is 1. The Kier molecular flexibility index (Phi) is 4.04. The van der Waals surface area contributed by atoms with Crippen molar-refractivity contribution in [3.8, 4) is 0 Å². The molecule has 0 bridgehead atoms. The van der Waals surface area contributed by atoms with Crippen LogP contribution in [0, 0.1) is 0 Å². The predicted octanol–water partition coefficient (Wildman–Crippen LogP) is 3.27. The third-order valence-corrected chi connectivity index (χ3v) is 7.36. The molecular weight excluding hydrogens is 176 g/mol. The molecule has 1 aliphatic rings. The minimum absolute atomic E-state index is 0.588. The maximum absolute atomic E-state index is 5.74. The fourth-order valence-corrected chi connectivity index (χ4v) is 6.57. The molecule has 1 heterocycles. The van der Waals surface area contributed by atoms with E-state index in [4.69, 9.17) is 4.74 Å². The van der Waals surface area contributed by atoms with Crippen LogP contribution >= 0.6 is 0 Å². The average molecular weight is 198 g/mol. The van der Waals surface area contributed by atoms with Crippen LogP contribution in [0.1, 0.15) is 40.5 Å². The van der Waals surface area contributed by atoms with Crippen LogP contribution in [0.15, 0.2) is 12.3 Å². The molecule has 0 fully saturated rings. The molecule has 1 atom stereocenters. The molecule has 13 heavy (non-hydrogen) atoms. The Bertz CT molecular complexity index is 167. The van der Waals surface area contributed by atoms with E-state index in [1.807, 2.05) is 6.26 Å². The Hall–Kier alpha value is -0.243. The van der Waals surface area contributed by atoms with Crippen molar-refractivity contribution in [1.82, 2.24) is 0 Å². The standard InChI is InChI=1S/C11H22OSi/c1-9(2)13(10(3)4)11-7-5-6-8-12-11/h6,8-11,13H,5,7H2,1-4H3. The molecule has 0 amide bonds. The van der Waals surface area contributed by atoms with Crippen LogP contribution in [-0.2, 0) is 4.74 Å². The summed E-state index contributed by atoms with van der Waals surface area (Å²) in [6, 6.07) is 0. The summed E-state index contributed by atoms with van der Waals surface area (Å²) < 4.78 is 5.74. The third-order valence-electron chi connectivity index (χ3n) is 2.94. The molecule has 0 aromatic rings. The van der Waals surface area contributed by atoms with Gasteiger partial charge in [0, 0.05) is 0 Å². The van der Waals surface area contributed by atoms with E-state index < -0.39 is 8.80 Å². The molecule has 0 aromatic carbocycles.